The third-order valence-corrected chi connectivity index (χ3v) is 3.85. The Morgan fingerprint density at radius 1 is 1.63 bits per heavy atom. The molecule has 104 valence electrons. The third-order valence-electron chi connectivity index (χ3n) is 2.91. The highest BCUT2D eigenvalue weighted by Gasteiger charge is 2.21. The molecule has 1 amide bonds. The van der Waals surface area contributed by atoms with Crippen LogP contribution in [0.15, 0.2) is 18.2 Å². The van der Waals surface area contributed by atoms with Crippen LogP contribution in [-0.2, 0) is 22.7 Å². The molecule has 1 saturated heterocycles. The van der Waals surface area contributed by atoms with Crippen molar-refractivity contribution in [3.8, 4) is 0 Å². The number of methoxy groups -OCH3 is 1. The van der Waals surface area contributed by atoms with Gasteiger partial charge in [0.2, 0.25) is 5.91 Å². The Hall–Kier alpha value is -1.11. The number of carbonyl (C=O) groups is 1. The molecule has 2 rings (SSSR count). The standard InChI is InChI=1S/C13H17FN2O2S/c1-18-6-10-4-9(2-3-11(10)14)5-15-13(17)12-7-19-8-16-12/h2-4,12,16H,5-8H2,1H3,(H,15,17). The lowest BCUT2D eigenvalue weighted by Gasteiger charge is -2.11. The number of hydrogen-bond donors (Lipinski definition) is 2. The van der Waals surface area contributed by atoms with Crippen molar-refractivity contribution in [2.45, 2.75) is 19.2 Å². The van der Waals surface area contributed by atoms with E-state index < -0.39 is 0 Å². The Balaban J connectivity index is 1.91. The number of carbonyl (C=O) groups excluding carboxylic acids is 1. The Labute approximate surface area is 116 Å². The van der Waals surface area contributed by atoms with Gasteiger partial charge in [0, 0.05) is 30.8 Å². The molecule has 1 atom stereocenters. The van der Waals surface area contributed by atoms with Crippen molar-refractivity contribution in [3.63, 3.8) is 0 Å². The van der Waals surface area contributed by atoms with E-state index in [0.717, 1.165) is 17.2 Å². The van der Waals surface area contributed by atoms with Crippen molar-refractivity contribution in [2.75, 3.05) is 18.7 Å². The third kappa shape index (κ3) is 3.92. The number of ether oxygens (including phenoxy) is 1. The summed E-state index contributed by atoms with van der Waals surface area (Å²) in [6.45, 7) is 0.632. The summed E-state index contributed by atoms with van der Waals surface area (Å²) in [6, 6.07) is 4.67. The van der Waals surface area contributed by atoms with Crippen LogP contribution >= 0.6 is 11.8 Å². The smallest absolute Gasteiger partial charge is 0.238 e. The molecule has 0 spiro atoms. The summed E-state index contributed by atoms with van der Waals surface area (Å²) in [6.07, 6.45) is 0. The molecular weight excluding hydrogens is 267 g/mol. The minimum absolute atomic E-state index is 0.0115. The Kier molecular flexibility index (Phi) is 5.18. The van der Waals surface area contributed by atoms with Gasteiger partial charge < -0.3 is 10.1 Å². The second-order valence-electron chi connectivity index (χ2n) is 4.35. The maximum atomic E-state index is 13.4. The number of nitrogens with one attached hydrogen (secondary N) is 2. The van der Waals surface area contributed by atoms with Crippen LogP contribution in [0.4, 0.5) is 4.39 Å². The Morgan fingerprint density at radius 3 is 3.16 bits per heavy atom. The number of thioether (sulfide) groups is 1. The van der Waals surface area contributed by atoms with Gasteiger partial charge in [-0.1, -0.05) is 6.07 Å². The summed E-state index contributed by atoms with van der Waals surface area (Å²) in [5.74, 6) is 1.31. The summed E-state index contributed by atoms with van der Waals surface area (Å²) in [7, 11) is 1.53. The van der Waals surface area contributed by atoms with Crippen LogP contribution in [0, 0.1) is 5.82 Å². The quantitative estimate of drug-likeness (QED) is 0.854. The van der Waals surface area contributed by atoms with Crippen LogP contribution in [0.2, 0.25) is 0 Å². The lowest BCUT2D eigenvalue weighted by Crippen LogP contribution is -2.41. The van der Waals surface area contributed by atoms with E-state index in [0.29, 0.717) is 12.1 Å². The van der Waals surface area contributed by atoms with Gasteiger partial charge in [0.15, 0.2) is 0 Å². The van der Waals surface area contributed by atoms with Crippen molar-refractivity contribution >= 4 is 17.7 Å². The van der Waals surface area contributed by atoms with Crippen molar-refractivity contribution in [1.82, 2.24) is 10.6 Å². The summed E-state index contributed by atoms with van der Waals surface area (Å²) in [4.78, 5) is 11.8. The highest BCUT2D eigenvalue weighted by molar-refractivity contribution is 7.99. The van der Waals surface area contributed by atoms with E-state index >= 15 is 0 Å². The molecule has 1 heterocycles. The van der Waals surface area contributed by atoms with E-state index in [9.17, 15) is 9.18 Å². The molecule has 0 aromatic heterocycles. The summed E-state index contributed by atoms with van der Waals surface area (Å²) >= 11 is 1.71. The molecule has 1 aromatic rings. The fourth-order valence-electron chi connectivity index (χ4n) is 1.88. The molecule has 19 heavy (non-hydrogen) atoms. The first-order valence-corrected chi connectivity index (χ1v) is 7.21. The van der Waals surface area contributed by atoms with Gasteiger partial charge >= 0.3 is 0 Å². The molecule has 1 unspecified atom stereocenters. The van der Waals surface area contributed by atoms with Gasteiger partial charge in [-0.05, 0) is 17.7 Å². The van der Waals surface area contributed by atoms with Crippen molar-refractivity contribution in [1.29, 1.82) is 0 Å². The summed E-state index contributed by atoms with van der Waals surface area (Å²) in [5.41, 5.74) is 1.37. The normalized spacial score (nSPS) is 18.5. The second kappa shape index (κ2) is 6.88. The number of hydrogen-bond acceptors (Lipinski definition) is 4. The first kappa shape index (κ1) is 14.3. The zero-order valence-corrected chi connectivity index (χ0v) is 11.6. The predicted octanol–water partition coefficient (Wildman–Crippen LogP) is 1.25. The topological polar surface area (TPSA) is 50.4 Å². The molecule has 0 saturated carbocycles. The second-order valence-corrected chi connectivity index (χ2v) is 5.38. The molecule has 2 N–H and O–H groups in total. The number of amides is 1. The zero-order valence-electron chi connectivity index (χ0n) is 10.7. The molecule has 6 heteroatoms. The van der Waals surface area contributed by atoms with Crippen molar-refractivity contribution in [2.24, 2.45) is 0 Å². The molecule has 1 aliphatic heterocycles. The molecule has 1 aliphatic rings. The average molecular weight is 284 g/mol. The largest absolute Gasteiger partial charge is 0.380 e. The van der Waals surface area contributed by atoms with E-state index in [1.54, 1.807) is 23.9 Å². The molecule has 0 aliphatic carbocycles. The van der Waals surface area contributed by atoms with Gasteiger partial charge in [0.1, 0.15) is 5.82 Å². The minimum atomic E-state index is -0.286. The van der Waals surface area contributed by atoms with Crippen LogP contribution in [0.3, 0.4) is 0 Å². The van der Waals surface area contributed by atoms with Crippen LogP contribution < -0.4 is 10.6 Å². The molecule has 0 radical (unpaired) electrons. The minimum Gasteiger partial charge on any atom is -0.380 e. The van der Waals surface area contributed by atoms with E-state index in [-0.39, 0.29) is 24.4 Å². The van der Waals surface area contributed by atoms with Crippen LogP contribution in [0.5, 0.6) is 0 Å². The van der Waals surface area contributed by atoms with Gasteiger partial charge in [0.05, 0.1) is 12.6 Å². The first-order valence-electron chi connectivity index (χ1n) is 6.06. The zero-order chi connectivity index (χ0) is 13.7. The Morgan fingerprint density at radius 2 is 2.47 bits per heavy atom. The molecular formula is C13H17FN2O2S. The fraction of sp³-hybridized carbons (Fsp3) is 0.462. The summed E-state index contributed by atoms with van der Waals surface area (Å²) in [5, 5.41) is 5.96. The van der Waals surface area contributed by atoms with Gasteiger partial charge in [-0.15, -0.1) is 11.8 Å². The molecule has 1 fully saturated rings. The number of benzene rings is 1. The number of rotatable bonds is 5. The van der Waals surface area contributed by atoms with E-state index in [4.69, 9.17) is 4.74 Å². The van der Waals surface area contributed by atoms with Crippen molar-refractivity contribution in [3.05, 3.63) is 35.1 Å². The average Bonchev–Trinajstić information content (AvgIpc) is 2.93. The summed E-state index contributed by atoms with van der Waals surface area (Å²) < 4.78 is 18.4. The van der Waals surface area contributed by atoms with Gasteiger partial charge in [0.25, 0.3) is 0 Å². The molecule has 1 aromatic carbocycles. The van der Waals surface area contributed by atoms with Crippen LogP contribution in [0.25, 0.3) is 0 Å². The first-order chi connectivity index (χ1) is 9.20. The van der Waals surface area contributed by atoms with Crippen LogP contribution in [-0.4, -0.2) is 30.7 Å². The van der Waals surface area contributed by atoms with Crippen LogP contribution in [0.1, 0.15) is 11.1 Å². The lowest BCUT2D eigenvalue weighted by molar-refractivity contribution is -0.122. The van der Waals surface area contributed by atoms with E-state index in [1.165, 1.54) is 13.2 Å². The maximum Gasteiger partial charge on any atom is 0.238 e. The molecule has 4 nitrogen and oxygen atoms in total. The monoisotopic (exact) mass is 284 g/mol. The van der Waals surface area contributed by atoms with Gasteiger partial charge in [-0.25, -0.2) is 4.39 Å². The molecule has 0 bridgehead atoms. The number of halogens is 1. The Bertz CT molecular complexity index is 450. The highest BCUT2D eigenvalue weighted by atomic mass is 32.2. The lowest BCUT2D eigenvalue weighted by atomic mass is 10.1. The van der Waals surface area contributed by atoms with Gasteiger partial charge in [-0.3, -0.25) is 10.1 Å². The van der Waals surface area contributed by atoms with Gasteiger partial charge in [-0.2, -0.15) is 0 Å². The van der Waals surface area contributed by atoms with E-state index in [2.05, 4.69) is 10.6 Å². The van der Waals surface area contributed by atoms with E-state index in [1.807, 2.05) is 0 Å². The maximum absolute atomic E-state index is 13.4. The predicted molar refractivity (Wildman–Crippen MR) is 73.2 cm³/mol. The highest BCUT2D eigenvalue weighted by Crippen LogP contribution is 2.12. The van der Waals surface area contributed by atoms with Crippen molar-refractivity contribution < 1.29 is 13.9 Å². The fourth-order valence-corrected chi connectivity index (χ4v) is 2.82. The SMILES string of the molecule is COCc1cc(CNC(=O)C2CSCN2)ccc1F.